The number of nitrogens with one attached hydrogen (secondary N) is 1. The van der Waals surface area contributed by atoms with Crippen LogP contribution in [-0.4, -0.2) is 6.54 Å². The zero-order valence-corrected chi connectivity index (χ0v) is 9.91. The third-order valence-electron chi connectivity index (χ3n) is 2.63. The van der Waals surface area contributed by atoms with Gasteiger partial charge in [-0.15, -0.1) is 0 Å². The van der Waals surface area contributed by atoms with Gasteiger partial charge >= 0.3 is 0 Å². The van der Waals surface area contributed by atoms with Gasteiger partial charge in [0.1, 0.15) is 5.82 Å². The van der Waals surface area contributed by atoms with Crippen LogP contribution in [0.5, 0.6) is 0 Å². The second-order valence-electron chi connectivity index (χ2n) is 4.18. The molecule has 2 rings (SSSR count). The topological polar surface area (TPSA) is 12.0 Å². The number of anilines is 1. The molecule has 0 aliphatic heterocycles. The molecule has 88 valence electrons. The zero-order valence-electron chi connectivity index (χ0n) is 9.91. The number of hydrogen-bond donors (Lipinski definition) is 1. The van der Waals surface area contributed by atoms with Crippen molar-refractivity contribution < 1.29 is 4.39 Å². The second-order valence-corrected chi connectivity index (χ2v) is 4.18. The van der Waals surface area contributed by atoms with Gasteiger partial charge in [0, 0.05) is 12.2 Å². The van der Waals surface area contributed by atoms with E-state index in [2.05, 4.69) is 17.4 Å². The van der Waals surface area contributed by atoms with E-state index >= 15 is 0 Å². The predicted octanol–water partition coefficient (Wildman–Crippen LogP) is 3.79. The van der Waals surface area contributed by atoms with Crippen molar-refractivity contribution in [3.63, 3.8) is 0 Å². The smallest absolute Gasteiger partial charge is 0.125 e. The van der Waals surface area contributed by atoms with Gasteiger partial charge < -0.3 is 5.32 Å². The standard InChI is InChI=1S/C15H16FN/c1-12-9-14(16)11-15(10-12)17-8-7-13-5-3-2-4-6-13/h2-6,9-11,17H,7-8H2,1H3. The molecule has 0 aliphatic carbocycles. The summed E-state index contributed by atoms with van der Waals surface area (Å²) in [6.45, 7) is 2.71. The van der Waals surface area contributed by atoms with Crippen molar-refractivity contribution in [2.75, 3.05) is 11.9 Å². The molecule has 17 heavy (non-hydrogen) atoms. The van der Waals surface area contributed by atoms with Gasteiger partial charge in [0.05, 0.1) is 0 Å². The molecular formula is C15H16FN. The second kappa shape index (κ2) is 5.48. The van der Waals surface area contributed by atoms with Crippen LogP contribution >= 0.6 is 0 Å². The number of halogens is 1. The largest absolute Gasteiger partial charge is 0.385 e. The van der Waals surface area contributed by atoms with Crippen molar-refractivity contribution in [3.05, 3.63) is 65.5 Å². The normalized spacial score (nSPS) is 10.2. The predicted molar refractivity (Wildman–Crippen MR) is 69.8 cm³/mol. The molecule has 0 heterocycles. The molecule has 1 nitrogen and oxygen atoms in total. The summed E-state index contributed by atoms with van der Waals surface area (Å²) < 4.78 is 13.1. The first kappa shape index (κ1) is 11.6. The summed E-state index contributed by atoms with van der Waals surface area (Å²) in [6, 6.07) is 15.3. The fourth-order valence-electron chi connectivity index (χ4n) is 1.83. The average molecular weight is 229 g/mol. The van der Waals surface area contributed by atoms with Crippen molar-refractivity contribution in [3.8, 4) is 0 Å². The Kier molecular flexibility index (Phi) is 3.76. The molecule has 0 aliphatic rings. The molecule has 0 amide bonds. The van der Waals surface area contributed by atoms with E-state index in [-0.39, 0.29) is 5.82 Å². The minimum Gasteiger partial charge on any atom is -0.385 e. The Bertz CT molecular complexity index is 459. The highest BCUT2D eigenvalue weighted by molar-refractivity contribution is 5.46. The average Bonchev–Trinajstić information content (AvgIpc) is 2.29. The minimum absolute atomic E-state index is 0.188. The first-order valence-corrected chi connectivity index (χ1v) is 5.79. The lowest BCUT2D eigenvalue weighted by atomic mass is 10.1. The van der Waals surface area contributed by atoms with Crippen LogP contribution in [0.4, 0.5) is 10.1 Å². The first-order valence-electron chi connectivity index (χ1n) is 5.79. The molecule has 1 N–H and O–H groups in total. The number of rotatable bonds is 4. The van der Waals surface area contributed by atoms with Crippen LogP contribution in [0.15, 0.2) is 48.5 Å². The van der Waals surface area contributed by atoms with E-state index in [0.717, 1.165) is 24.2 Å². The summed E-state index contributed by atoms with van der Waals surface area (Å²) in [5.74, 6) is -0.188. The molecule has 0 spiro atoms. The highest BCUT2D eigenvalue weighted by Gasteiger charge is 1.97. The first-order chi connectivity index (χ1) is 8.24. The molecule has 2 aromatic carbocycles. The van der Waals surface area contributed by atoms with Gasteiger partial charge in [-0.2, -0.15) is 0 Å². The van der Waals surface area contributed by atoms with E-state index in [0.29, 0.717) is 0 Å². The van der Waals surface area contributed by atoms with Gasteiger partial charge in [0.2, 0.25) is 0 Å². The Morgan fingerprint density at radius 1 is 1.06 bits per heavy atom. The fraction of sp³-hybridized carbons (Fsp3) is 0.200. The molecule has 2 heteroatoms. The molecule has 0 radical (unpaired) electrons. The summed E-state index contributed by atoms with van der Waals surface area (Å²) >= 11 is 0. The highest BCUT2D eigenvalue weighted by Crippen LogP contribution is 2.13. The Labute approximate surface area is 101 Å². The summed E-state index contributed by atoms with van der Waals surface area (Å²) in [7, 11) is 0. The maximum atomic E-state index is 13.1. The Morgan fingerprint density at radius 3 is 2.53 bits per heavy atom. The number of benzene rings is 2. The number of aryl methyl sites for hydroxylation is 1. The van der Waals surface area contributed by atoms with Gasteiger partial charge in [-0.05, 0) is 42.7 Å². The quantitative estimate of drug-likeness (QED) is 0.841. The van der Waals surface area contributed by atoms with Crippen LogP contribution in [0, 0.1) is 12.7 Å². The lowest BCUT2D eigenvalue weighted by molar-refractivity contribution is 0.627. The van der Waals surface area contributed by atoms with E-state index in [1.54, 1.807) is 0 Å². The van der Waals surface area contributed by atoms with Crippen LogP contribution < -0.4 is 5.32 Å². The van der Waals surface area contributed by atoms with Crippen molar-refractivity contribution in [2.24, 2.45) is 0 Å². The van der Waals surface area contributed by atoms with Crippen molar-refractivity contribution in [1.82, 2.24) is 0 Å². The van der Waals surface area contributed by atoms with Crippen LogP contribution in [-0.2, 0) is 6.42 Å². The summed E-state index contributed by atoms with van der Waals surface area (Å²) in [5, 5.41) is 3.23. The van der Waals surface area contributed by atoms with Crippen LogP contribution in [0.1, 0.15) is 11.1 Å². The maximum absolute atomic E-state index is 13.1. The Morgan fingerprint density at radius 2 is 1.82 bits per heavy atom. The third-order valence-corrected chi connectivity index (χ3v) is 2.63. The van der Waals surface area contributed by atoms with E-state index in [1.807, 2.05) is 31.2 Å². The number of hydrogen-bond acceptors (Lipinski definition) is 1. The summed E-state index contributed by atoms with van der Waals surface area (Å²) in [6.07, 6.45) is 0.941. The van der Waals surface area contributed by atoms with Crippen LogP contribution in [0.25, 0.3) is 0 Å². The molecule has 0 bridgehead atoms. The Balaban J connectivity index is 1.90. The van der Waals surface area contributed by atoms with Crippen molar-refractivity contribution in [1.29, 1.82) is 0 Å². The van der Waals surface area contributed by atoms with E-state index in [9.17, 15) is 4.39 Å². The van der Waals surface area contributed by atoms with Crippen molar-refractivity contribution in [2.45, 2.75) is 13.3 Å². The van der Waals surface area contributed by atoms with Crippen LogP contribution in [0.3, 0.4) is 0 Å². The molecule has 0 saturated heterocycles. The zero-order chi connectivity index (χ0) is 12.1. The van der Waals surface area contributed by atoms with Crippen molar-refractivity contribution >= 4 is 5.69 Å². The van der Waals surface area contributed by atoms with Gasteiger partial charge in [0.15, 0.2) is 0 Å². The molecule has 0 unspecified atom stereocenters. The van der Waals surface area contributed by atoms with Gasteiger partial charge in [-0.3, -0.25) is 0 Å². The monoisotopic (exact) mass is 229 g/mol. The van der Waals surface area contributed by atoms with Gasteiger partial charge in [-0.1, -0.05) is 30.3 Å². The van der Waals surface area contributed by atoms with E-state index in [1.165, 1.54) is 17.7 Å². The van der Waals surface area contributed by atoms with Crippen LogP contribution in [0.2, 0.25) is 0 Å². The molecule has 2 aromatic rings. The molecular weight excluding hydrogens is 213 g/mol. The summed E-state index contributed by atoms with van der Waals surface area (Å²) in [4.78, 5) is 0. The molecule has 0 aromatic heterocycles. The molecule has 0 atom stereocenters. The SMILES string of the molecule is Cc1cc(F)cc(NCCc2ccccc2)c1. The minimum atomic E-state index is -0.188. The van der Waals surface area contributed by atoms with E-state index in [4.69, 9.17) is 0 Å². The van der Waals surface area contributed by atoms with Gasteiger partial charge in [-0.25, -0.2) is 4.39 Å². The van der Waals surface area contributed by atoms with Gasteiger partial charge in [0.25, 0.3) is 0 Å². The fourth-order valence-corrected chi connectivity index (χ4v) is 1.83. The lowest BCUT2D eigenvalue weighted by Gasteiger charge is -2.07. The molecule has 0 fully saturated rings. The highest BCUT2D eigenvalue weighted by atomic mass is 19.1. The van der Waals surface area contributed by atoms with E-state index < -0.39 is 0 Å². The molecule has 0 saturated carbocycles. The maximum Gasteiger partial charge on any atom is 0.125 e. The Hall–Kier alpha value is -1.83. The third kappa shape index (κ3) is 3.59. The summed E-state index contributed by atoms with van der Waals surface area (Å²) in [5.41, 5.74) is 3.07. The lowest BCUT2D eigenvalue weighted by Crippen LogP contribution is -2.05.